The summed E-state index contributed by atoms with van der Waals surface area (Å²) >= 11 is 0. The molecule has 2 aliphatic heterocycles. The van der Waals surface area contributed by atoms with Crippen molar-refractivity contribution in [1.29, 1.82) is 0 Å². The van der Waals surface area contributed by atoms with Gasteiger partial charge in [0.25, 0.3) is 0 Å². The van der Waals surface area contributed by atoms with Gasteiger partial charge in [-0.3, -0.25) is 15.0 Å². The average molecular weight is 364 g/mol. The lowest BCUT2D eigenvalue weighted by molar-refractivity contribution is -0.141. The quantitative estimate of drug-likeness (QED) is 0.667. The van der Waals surface area contributed by atoms with E-state index in [1.807, 2.05) is 30.3 Å². The van der Waals surface area contributed by atoms with Crippen LogP contribution in [0.15, 0.2) is 30.3 Å². The maximum absolute atomic E-state index is 12.3. The van der Waals surface area contributed by atoms with Gasteiger partial charge < -0.3 is 19.7 Å². The van der Waals surface area contributed by atoms with Crippen molar-refractivity contribution in [2.75, 3.05) is 19.8 Å². The van der Waals surface area contributed by atoms with Crippen molar-refractivity contribution in [2.45, 2.75) is 38.4 Å². The van der Waals surface area contributed by atoms with Crippen molar-refractivity contribution < 1.29 is 29.3 Å². The monoisotopic (exact) mass is 364 g/mol. The Morgan fingerprint density at radius 3 is 2.73 bits per heavy atom. The number of nitrogens with zero attached hydrogens (tertiary/aromatic N) is 1. The van der Waals surface area contributed by atoms with Crippen LogP contribution >= 0.6 is 0 Å². The van der Waals surface area contributed by atoms with Crippen molar-refractivity contribution >= 4 is 11.9 Å². The number of rotatable bonds is 6. The van der Waals surface area contributed by atoms with Gasteiger partial charge in [0.05, 0.1) is 31.3 Å². The highest BCUT2D eigenvalue weighted by Crippen LogP contribution is 2.30. The Morgan fingerprint density at radius 2 is 2.08 bits per heavy atom. The molecule has 3 amide bonds. The number of carbonyl (C=O) groups is 2. The van der Waals surface area contributed by atoms with Gasteiger partial charge >= 0.3 is 6.03 Å². The molecule has 26 heavy (non-hydrogen) atoms. The highest BCUT2D eigenvalue weighted by molar-refractivity contribution is 6.00. The minimum absolute atomic E-state index is 0.113. The molecule has 2 aliphatic rings. The van der Waals surface area contributed by atoms with Gasteiger partial charge in [-0.15, -0.1) is 0 Å². The summed E-state index contributed by atoms with van der Waals surface area (Å²) in [6, 6.07) is 9.04. The zero-order valence-electron chi connectivity index (χ0n) is 14.6. The van der Waals surface area contributed by atoms with E-state index in [0.29, 0.717) is 6.61 Å². The maximum Gasteiger partial charge on any atom is 0.326 e. The molecule has 2 fully saturated rings. The third-order valence-corrected chi connectivity index (χ3v) is 4.81. The molecule has 1 aromatic carbocycles. The summed E-state index contributed by atoms with van der Waals surface area (Å²) in [5.41, 5.74) is 0.0576. The van der Waals surface area contributed by atoms with Crippen molar-refractivity contribution in [3.63, 3.8) is 0 Å². The number of hydrogen-bond donors (Lipinski definition) is 3. The fourth-order valence-corrected chi connectivity index (χ4v) is 3.22. The van der Waals surface area contributed by atoms with E-state index in [9.17, 15) is 19.8 Å². The molecule has 1 aromatic rings. The molecule has 0 radical (unpaired) electrons. The molecule has 3 rings (SSSR count). The first-order valence-corrected chi connectivity index (χ1v) is 8.61. The summed E-state index contributed by atoms with van der Waals surface area (Å²) in [5, 5.41) is 21.4. The first-order chi connectivity index (χ1) is 12.4. The Bertz CT molecular complexity index is 654. The van der Waals surface area contributed by atoms with E-state index in [2.05, 4.69) is 5.32 Å². The van der Waals surface area contributed by atoms with Crippen LogP contribution in [-0.2, 0) is 20.9 Å². The smallest absolute Gasteiger partial charge is 0.326 e. The summed E-state index contributed by atoms with van der Waals surface area (Å²) in [4.78, 5) is 25.9. The molecule has 0 aliphatic carbocycles. The second-order valence-corrected chi connectivity index (χ2v) is 7.04. The fourth-order valence-electron chi connectivity index (χ4n) is 3.22. The van der Waals surface area contributed by atoms with Gasteiger partial charge in [0.15, 0.2) is 0 Å². The van der Waals surface area contributed by atoms with Crippen LogP contribution in [0.5, 0.6) is 0 Å². The number of aliphatic hydroxyl groups is 2. The minimum Gasteiger partial charge on any atom is -0.394 e. The summed E-state index contributed by atoms with van der Waals surface area (Å²) in [5.74, 6) is -0.399. The number of benzene rings is 1. The molecule has 0 bridgehead atoms. The Balaban J connectivity index is 1.63. The van der Waals surface area contributed by atoms with Crippen LogP contribution in [0.4, 0.5) is 4.79 Å². The molecule has 4 atom stereocenters. The molecular weight excluding hydrogens is 340 g/mol. The SMILES string of the molecule is CC1(COCc2ccccc2)CN([C@H]2C[C@H](O)[C@@H](CO)O2)C(=O)NC1=O. The normalized spacial score (nSPS) is 32.0. The van der Waals surface area contributed by atoms with Crippen molar-refractivity contribution in [3.8, 4) is 0 Å². The Kier molecular flexibility index (Phi) is 5.57. The zero-order valence-corrected chi connectivity index (χ0v) is 14.6. The molecule has 8 heteroatoms. The average Bonchev–Trinajstić information content (AvgIpc) is 3.00. The number of hydrogen-bond acceptors (Lipinski definition) is 6. The highest BCUT2D eigenvalue weighted by Gasteiger charge is 2.48. The summed E-state index contributed by atoms with van der Waals surface area (Å²) in [6.07, 6.45) is -2.08. The van der Waals surface area contributed by atoms with Crippen LogP contribution in [0.2, 0.25) is 0 Å². The number of amides is 3. The third kappa shape index (κ3) is 3.88. The highest BCUT2D eigenvalue weighted by atomic mass is 16.5. The number of ether oxygens (including phenoxy) is 2. The molecule has 2 saturated heterocycles. The van der Waals surface area contributed by atoms with Crippen molar-refractivity contribution in [3.05, 3.63) is 35.9 Å². The predicted octanol–water partition coefficient (Wildman–Crippen LogP) is 0.230. The molecular formula is C18H24N2O6. The van der Waals surface area contributed by atoms with E-state index >= 15 is 0 Å². The van der Waals surface area contributed by atoms with Crippen molar-refractivity contribution in [1.82, 2.24) is 10.2 Å². The lowest BCUT2D eigenvalue weighted by Gasteiger charge is -2.41. The standard InChI is InChI=1S/C18H24N2O6/c1-18(11-25-9-12-5-3-2-4-6-12)10-20(17(24)19-16(18)23)15-7-13(22)14(8-21)26-15/h2-6,13-15,21-22H,7-11H2,1H3,(H,19,23,24)/t13-,14+,15+,18?/m0/s1. The second kappa shape index (κ2) is 7.71. The zero-order chi connectivity index (χ0) is 18.7. The molecule has 0 aromatic heterocycles. The van der Waals surface area contributed by atoms with Crippen LogP contribution < -0.4 is 5.32 Å². The Morgan fingerprint density at radius 1 is 1.35 bits per heavy atom. The number of carbonyl (C=O) groups excluding carboxylic acids is 2. The lowest BCUT2D eigenvalue weighted by Crippen LogP contribution is -2.63. The van der Waals surface area contributed by atoms with Crippen molar-refractivity contribution in [2.24, 2.45) is 5.41 Å². The topological polar surface area (TPSA) is 108 Å². The van der Waals surface area contributed by atoms with Gasteiger partial charge in [0, 0.05) is 13.0 Å². The summed E-state index contributed by atoms with van der Waals surface area (Å²) < 4.78 is 11.3. The Hall–Kier alpha value is -2.00. The van der Waals surface area contributed by atoms with Crippen LogP contribution in [0, 0.1) is 5.41 Å². The van der Waals surface area contributed by atoms with E-state index in [0.717, 1.165) is 5.56 Å². The number of nitrogens with one attached hydrogen (secondary N) is 1. The maximum atomic E-state index is 12.3. The minimum atomic E-state index is -0.936. The molecule has 3 N–H and O–H groups in total. The summed E-state index contributed by atoms with van der Waals surface area (Å²) in [7, 11) is 0. The first-order valence-electron chi connectivity index (χ1n) is 8.61. The summed E-state index contributed by atoms with van der Waals surface area (Å²) in [6.45, 7) is 2.01. The number of imide groups is 1. The fraction of sp³-hybridized carbons (Fsp3) is 0.556. The van der Waals surface area contributed by atoms with Gasteiger partial charge in [-0.25, -0.2) is 4.79 Å². The van der Waals surface area contributed by atoms with E-state index in [1.165, 1.54) is 4.90 Å². The molecule has 1 unspecified atom stereocenters. The van der Waals surface area contributed by atoms with Gasteiger partial charge in [-0.1, -0.05) is 30.3 Å². The molecule has 0 saturated carbocycles. The Labute approximate surface area is 151 Å². The van der Waals surface area contributed by atoms with E-state index < -0.39 is 35.8 Å². The third-order valence-electron chi connectivity index (χ3n) is 4.81. The van der Waals surface area contributed by atoms with E-state index in [1.54, 1.807) is 6.92 Å². The lowest BCUT2D eigenvalue weighted by atomic mass is 9.88. The predicted molar refractivity (Wildman–Crippen MR) is 90.8 cm³/mol. The van der Waals surface area contributed by atoms with Gasteiger partial charge in [0.2, 0.25) is 5.91 Å². The van der Waals surface area contributed by atoms with Crippen LogP contribution in [0.3, 0.4) is 0 Å². The van der Waals surface area contributed by atoms with Gasteiger partial charge in [0.1, 0.15) is 12.3 Å². The van der Waals surface area contributed by atoms with Gasteiger partial charge in [-0.2, -0.15) is 0 Å². The number of urea groups is 1. The van der Waals surface area contributed by atoms with E-state index in [-0.39, 0.29) is 26.2 Å². The molecule has 0 spiro atoms. The second-order valence-electron chi connectivity index (χ2n) is 7.04. The molecule has 2 heterocycles. The van der Waals surface area contributed by atoms with Gasteiger partial charge in [-0.05, 0) is 12.5 Å². The van der Waals surface area contributed by atoms with Crippen LogP contribution in [0.1, 0.15) is 18.9 Å². The number of aliphatic hydroxyl groups excluding tert-OH is 2. The molecule has 142 valence electrons. The largest absolute Gasteiger partial charge is 0.394 e. The first kappa shape index (κ1) is 18.8. The van der Waals surface area contributed by atoms with Crippen LogP contribution in [0.25, 0.3) is 0 Å². The molecule has 8 nitrogen and oxygen atoms in total. The van der Waals surface area contributed by atoms with Crippen LogP contribution in [-0.4, -0.2) is 65.2 Å². The van der Waals surface area contributed by atoms with E-state index in [4.69, 9.17) is 9.47 Å².